The van der Waals surface area contributed by atoms with Crippen molar-refractivity contribution < 1.29 is 51.2 Å². The molecule has 18 nitrogen and oxygen atoms in total. The summed E-state index contributed by atoms with van der Waals surface area (Å²) in [7, 11) is -15.0. The van der Waals surface area contributed by atoms with E-state index in [1.165, 1.54) is 24.6 Å². The molecule has 0 amide bonds. The number of phosphoric acid groups is 3. The molecule has 3 rings (SSSR count). The zero-order valence-corrected chi connectivity index (χ0v) is 17.9. The van der Waals surface area contributed by atoms with Crippen LogP contribution in [0.5, 0.6) is 0 Å². The summed E-state index contributed by atoms with van der Waals surface area (Å²) < 4.78 is 52.8. The lowest BCUT2D eigenvalue weighted by molar-refractivity contribution is -0.0168. The van der Waals surface area contributed by atoms with Crippen LogP contribution in [0.25, 0.3) is 11.0 Å². The fourth-order valence-electron chi connectivity index (χ4n) is 2.47. The van der Waals surface area contributed by atoms with E-state index in [1.54, 1.807) is 0 Å². The first-order valence-corrected chi connectivity index (χ1v) is 12.4. The minimum Gasteiger partial charge on any atom is -0.380 e. The molecule has 1 saturated heterocycles. The maximum atomic E-state index is 12.6. The lowest BCUT2D eigenvalue weighted by Gasteiger charge is -2.18. The number of nitrogens with zero attached hydrogens (tertiary/aromatic N) is 5. The van der Waals surface area contributed by atoms with Gasteiger partial charge in [0.25, 0.3) is 5.56 Å². The van der Waals surface area contributed by atoms with Crippen molar-refractivity contribution in [3.8, 4) is 0 Å². The van der Waals surface area contributed by atoms with Crippen molar-refractivity contribution >= 4 is 40.3 Å². The molecule has 2 aromatic rings. The Balaban J connectivity index is 1.64. The smallest absolute Gasteiger partial charge is 0.380 e. The number of ether oxygens (including phenoxy) is 1. The molecular weight excluding hydrogens is 489 g/mol. The Kier molecular flexibility index (Phi) is 6.55. The van der Waals surface area contributed by atoms with Crippen LogP contribution in [0.15, 0.2) is 4.79 Å². The lowest BCUT2D eigenvalue weighted by atomic mass is 10.2. The minimum absolute atomic E-state index is 0.00556. The van der Waals surface area contributed by atoms with Gasteiger partial charge in [-0.1, -0.05) is 5.21 Å². The van der Waals surface area contributed by atoms with E-state index in [1.807, 2.05) is 0 Å². The molecular formula is C10H15N6O12P3. The lowest BCUT2D eigenvalue weighted by Crippen LogP contribution is -2.30. The molecule has 3 heterocycles. The van der Waals surface area contributed by atoms with E-state index in [0.29, 0.717) is 0 Å². The number of aromatic nitrogens is 5. The number of nitrogen functional groups attached to an aromatic ring is 1. The van der Waals surface area contributed by atoms with Crippen LogP contribution in [0.4, 0.5) is 5.82 Å². The summed E-state index contributed by atoms with van der Waals surface area (Å²) in [6.45, 7) is -0.722. The maximum Gasteiger partial charge on any atom is 0.490 e. The summed E-state index contributed by atoms with van der Waals surface area (Å²) in [4.78, 5) is 48.1. The molecule has 1 aliphatic heterocycles. The summed E-state index contributed by atoms with van der Waals surface area (Å²) in [6.07, 6.45) is 0.545. The third kappa shape index (κ3) is 5.83. The summed E-state index contributed by atoms with van der Waals surface area (Å²) in [5.41, 5.74) is 5.14. The van der Waals surface area contributed by atoms with Gasteiger partial charge in [-0.3, -0.25) is 14.0 Å². The minimum atomic E-state index is -5.63. The van der Waals surface area contributed by atoms with Crippen molar-refractivity contribution in [1.82, 2.24) is 24.8 Å². The van der Waals surface area contributed by atoms with Crippen molar-refractivity contribution in [2.75, 3.05) is 12.3 Å². The zero-order chi connectivity index (χ0) is 23.2. The highest BCUT2D eigenvalue weighted by molar-refractivity contribution is 7.66. The number of anilines is 1. The van der Waals surface area contributed by atoms with E-state index in [9.17, 15) is 23.4 Å². The monoisotopic (exact) mass is 504 g/mol. The van der Waals surface area contributed by atoms with Crippen LogP contribution in [0.2, 0.25) is 0 Å². The Hall–Kier alpha value is -1.55. The molecule has 31 heavy (non-hydrogen) atoms. The number of hydrogen-bond donors (Lipinski definition) is 5. The number of rotatable bonds is 8. The van der Waals surface area contributed by atoms with Gasteiger partial charge >= 0.3 is 23.5 Å². The average Bonchev–Trinajstić information content (AvgIpc) is 3.15. The van der Waals surface area contributed by atoms with E-state index in [4.69, 9.17) is 25.2 Å². The van der Waals surface area contributed by atoms with Gasteiger partial charge < -0.3 is 30.0 Å². The molecule has 2 radical (unpaired) electrons. The standard InChI is InChI=1S/C10H15N6O12P3/c1-15-8-7(9(11)13-15)12-14-16(10(8)17)6-3-2-5(26-6)4-25-30(21,22)28-31(23,24)27-29(18,19)20/h2-3,5-6H,4H2,1H3,(H2,11,13)(H,21,22)(H,23,24)(H2,18,19,20). The molecule has 0 aromatic carbocycles. The van der Waals surface area contributed by atoms with E-state index < -0.39 is 48.0 Å². The second kappa shape index (κ2) is 8.42. The van der Waals surface area contributed by atoms with Gasteiger partial charge in [0.15, 0.2) is 23.1 Å². The number of aryl methyl sites for hydroxylation is 1. The van der Waals surface area contributed by atoms with Crippen molar-refractivity contribution in [2.45, 2.75) is 12.3 Å². The van der Waals surface area contributed by atoms with Gasteiger partial charge in [-0.05, 0) is 0 Å². The second-order valence-corrected chi connectivity index (χ2v) is 10.3. The first-order valence-electron chi connectivity index (χ1n) is 7.87. The van der Waals surface area contributed by atoms with E-state index in [0.717, 1.165) is 4.68 Å². The third-order valence-electron chi connectivity index (χ3n) is 3.56. The quantitative estimate of drug-likeness (QED) is 0.263. The number of phosphoric ester groups is 1. The SMILES string of the molecule is Cn1nc(N)c2nnn(C3[CH][CH]C(COP(=O)(O)OP(=O)(O)OP(=O)(O)O)O3)c(=O)c21. The van der Waals surface area contributed by atoms with Crippen LogP contribution in [0.3, 0.4) is 0 Å². The van der Waals surface area contributed by atoms with Crippen LogP contribution in [0.1, 0.15) is 6.23 Å². The Morgan fingerprint density at radius 3 is 2.48 bits per heavy atom. The van der Waals surface area contributed by atoms with Crippen LogP contribution in [-0.4, -0.2) is 57.1 Å². The predicted octanol–water partition coefficient (Wildman–Crippen LogP) is -1.24. The van der Waals surface area contributed by atoms with Crippen molar-refractivity contribution in [3.05, 3.63) is 23.2 Å². The molecule has 172 valence electrons. The first-order chi connectivity index (χ1) is 14.2. The highest BCUT2D eigenvalue weighted by atomic mass is 31.3. The van der Waals surface area contributed by atoms with Crippen molar-refractivity contribution in [3.63, 3.8) is 0 Å². The Bertz CT molecular complexity index is 1190. The molecule has 6 N–H and O–H groups in total. The van der Waals surface area contributed by atoms with Gasteiger partial charge in [-0.15, -0.1) is 5.10 Å². The maximum absolute atomic E-state index is 12.6. The number of fused-ring (bicyclic) bond motifs is 1. The second-order valence-electron chi connectivity index (χ2n) is 5.88. The van der Waals surface area contributed by atoms with Crippen LogP contribution in [-0.2, 0) is 38.6 Å². The predicted molar refractivity (Wildman–Crippen MR) is 97.3 cm³/mol. The summed E-state index contributed by atoms with van der Waals surface area (Å²) in [6, 6.07) is 0. The Morgan fingerprint density at radius 2 is 1.84 bits per heavy atom. The van der Waals surface area contributed by atoms with Gasteiger partial charge in [-0.2, -0.15) is 18.4 Å². The van der Waals surface area contributed by atoms with Gasteiger partial charge in [0.2, 0.25) is 0 Å². The molecule has 0 spiro atoms. The van der Waals surface area contributed by atoms with Crippen LogP contribution in [0, 0.1) is 12.8 Å². The summed E-state index contributed by atoms with van der Waals surface area (Å²) in [5, 5.41) is 11.4. The molecule has 21 heteroatoms. The third-order valence-corrected chi connectivity index (χ3v) is 7.37. The van der Waals surface area contributed by atoms with Gasteiger partial charge in [-0.25, -0.2) is 13.7 Å². The topological polar surface area (TPSA) is 261 Å². The molecule has 0 aliphatic carbocycles. The van der Waals surface area contributed by atoms with Gasteiger partial charge in [0.05, 0.1) is 12.7 Å². The van der Waals surface area contributed by atoms with E-state index in [-0.39, 0.29) is 16.9 Å². The number of hydrogen-bond acceptors (Lipinski definition) is 12. The Labute approximate surface area is 171 Å². The van der Waals surface area contributed by atoms with Crippen LogP contribution >= 0.6 is 23.5 Å². The average molecular weight is 504 g/mol. The molecule has 0 bridgehead atoms. The van der Waals surface area contributed by atoms with E-state index >= 15 is 0 Å². The summed E-state index contributed by atoms with van der Waals surface area (Å²) >= 11 is 0. The van der Waals surface area contributed by atoms with Crippen LogP contribution < -0.4 is 11.3 Å². The Morgan fingerprint density at radius 1 is 1.16 bits per heavy atom. The highest BCUT2D eigenvalue weighted by Gasteiger charge is 2.41. The first kappa shape index (κ1) is 24.1. The molecule has 4 unspecified atom stereocenters. The van der Waals surface area contributed by atoms with Gasteiger partial charge in [0.1, 0.15) is 0 Å². The molecule has 1 aliphatic rings. The van der Waals surface area contributed by atoms with Crippen molar-refractivity contribution in [2.24, 2.45) is 7.05 Å². The fraction of sp³-hybridized carbons (Fsp3) is 0.400. The molecule has 0 saturated carbocycles. The fourth-order valence-corrected chi connectivity index (χ4v) is 5.50. The molecule has 4 atom stereocenters. The molecule has 1 fully saturated rings. The highest BCUT2D eigenvalue weighted by Crippen LogP contribution is 2.66. The normalized spacial score (nSPS) is 23.6. The zero-order valence-electron chi connectivity index (χ0n) is 15.2. The van der Waals surface area contributed by atoms with E-state index in [2.05, 4.69) is 28.6 Å². The number of nitrogens with two attached hydrogens (primary N) is 1. The largest absolute Gasteiger partial charge is 0.490 e. The summed E-state index contributed by atoms with van der Waals surface area (Å²) in [5.74, 6) is 0.00556. The van der Waals surface area contributed by atoms with Crippen molar-refractivity contribution in [1.29, 1.82) is 0 Å². The van der Waals surface area contributed by atoms with Gasteiger partial charge in [0, 0.05) is 19.9 Å². The molecule has 2 aromatic heterocycles.